The van der Waals surface area contributed by atoms with E-state index in [1.165, 1.54) is 5.69 Å². The van der Waals surface area contributed by atoms with E-state index < -0.39 is 0 Å². The van der Waals surface area contributed by atoms with Gasteiger partial charge in [0.15, 0.2) is 0 Å². The van der Waals surface area contributed by atoms with E-state index in [0.717, 1.165) is 13.0 Å². The molecule has 0 saturated heterocycles. The molecule has 0 atom stereocenters. The summed E-state index contributed by atoms with van der Waals surface area (Å²) in [5, 5.41) is 0. The van der Waals surface area contributed by atoms with Gasteiger partial charge in [-0.05, 0) is 26.2 Å². The Bertz CT molecular complexity index is 165. The highest BCUT2D eigenvalue weighted by Crippen LogP contribution is 1.95. The highest BCUT2D eigenvalue weighted by Gasteiger charge is 1.92. The first-order valence-corrected chi connectivity index (χ1v) is 3.56. The molecular weight excluding hydrogens is 124 g/mol. The summed E-state index contributed by atoms with van der Waals surface area (Å²) in [6, 6.07) is 4.15. The van der Waals surface area contributed by atoms with Gasteiger partial charge in [-0.3, -0.25) is 0 Å². The van der Waals surface area contributed by atoms with E-state index in [1.54, 1.807) is 0 Å². The number of H-pyrrole nitrogens is 1. The van der Waals surface area contributed by atoms with Gasteiger partial charge in [0, 0.05) is 24.9 Å². The lowest BCUT2D eigenvalue weighted by Crippen LogP contribution is -2.15. The summed E-state index contributed by atoms with van der Waals surface area (Å²) in [4.78, 5) is 5.35. The Morgan fingerprint density at radius 1 is 1.50 bits per heavy atom. The summed E-state index contributed by atoms with van der Waals surface area (Å²) in [6.45, 7) is 1.11. The fourth-order valence-electron chi connectivity index (χ4n) is 0.867. The highest BCUT2D eigenvalue weighted by atomic mass is 15.0. The molecule has 56 valence electrons. The molecule has 0 aromatic carbocycles. The quantitative estimate of drug-likeness (QED) is 0.663. The van der Waals surface area contributed by atoms with Gasteiger partial charge in [0.1, 0.15) is 0 Å². The molecule has 0 amide bonds. The number of rotatable bonds is 3. The second kappa shape index (κ2) is 3.42. The van der Waals surface area contributed by atoms with Gasteiger partial charge < -0.3 is 9.88 Å². The van der Waals surface area contributed by atoms with Crippen LogP contribution in [-0.4, -0.2) is 30.5 Å². The van der Waals surface area contributed by atoms with Crippen LogP contribution in [0.1, 0.15) is 5.69 Å². The molecule has 1 rings (SSSR count). The summed E-state index contributed by atoms with van der Waals surface area (Å²) in [6.07, 6.45) is 3.07. The number of likely N-dealkylation sites (N-methyl/N-ethyl adjacent to an activating group) is 1. The van der Waals surface area contributed by atoms with E-state index >= 15 is 0 Å². The smallest absolute Gasteiger partial charge is 0.0159 e. The summed E-state index contributed by atoms with van der Waals surface area (Å²) >= 11 is 0. The summed E-state index contributed by atoms with van der Waals surface area (Å²) in [7, 11) is 4.17. The van der Waals surface area contributed by atoms with Crippen LogP contribution in [0, 0.1) is 0 Å². The van der Waals surface area contributed by atoms with E-state index in [2.05, 4.69) is 30.0 Å². The van der Waals surface area contributed by atoms with Gasteiger partial charge in [-0.25, -0.2) is 0 Å². The number of nitrogens with zero attached hydrogens (tertiary/aromatic N) is 1. The lowest BCUT2D eigenvalue weighted by Gasteiger charge is -2.06. The van der Waals surface area contributed by atoms with Crippen LogP contribution in [0.25, 0.3) is 0 Å². The van der Waals surface area contributed by atoms with Crippen LogP contribution < -0.4 is 0 Å². The van der Waals surface area contributed by atoms with Crippen molar-refractivity contribution in [3.63, 3.8) is 0 Å². The van der Waals surface area contributed by atoms with Gasteiger partial charge in [-0.2, -0.15) is 0 Å². The molecule has 0 radical (unpaired) electrons. The zero-order chi connectivity index (χ0) is 7.40. The maximum atomic E-state index is 3.17. The molecule has 0 bridgehead atoms. The molecule has 1 aromatic rings. The van der Waals surface area contributed by atoms with Crippen LogP contribution in [0.15, 0.2) is 18.3 Å². The van der Waals surface area contributed by atoms with Crippen LogP contribution in [0.2, 0.25) is 0 Å². The average Bonchev–Trinajstić information content (AvgIpc) is 2.34. The zero-order valence-electron chi connectivity index (χ0n) is 6.59. The fourth-order valence-corrected chi connectivity index (χ4v) is 0.867. The zero-order valence-corrected chi connectivity index (χ0v) is 6.59. The first-order chi connectivity index (χ1) is 4.79. The van der Waals surface area contributed by atoms with Crippen molar-refractivity contribution in [2.45, 2.75) is 6.42 Å². The average molecular weight is 138 g/mol. The Morgan fingerprint density at radius 2 is 2.30 bits per heavy atom. The molecule has 1 heterocycles. The molecule has 0 saturated carbocycles. The van der Waals surface area contributed by atoms with Crippen molar-refractivity contribution < 1.29 is 0 Å². The molecule has 2 nitrogen and oxygen atoms in total. The SMILES string of the molecule is CN(C)CCc1ccc[nH]1. The van der Waals surface area contributed by atoms with Crippen molar-refractivity contribution in [1.29, 1.82) is 0 Å². The Labute approximate surface area is 61.9 Å². The fraction of sp³-hybridized carbons (Fsp3) is 0.500. The Morgan fingerprint density at radius 3 is 2.80 bits per heavy atom. The molecule has 0 fully saturated rings. The Kier molecular flexibility index (Phi) is 2.51. The predicted molar refractivity (Wildman–Crippen MR) is 43.1 cm³/mol. The minimum absolute atomic E-state index is 1.11. The second-order valence-corrected chi connectivity index (χ2v) is 2.75. The van der Waals surface area contributed by atoms with Crippen molar-refractivity contribution in [3.8, 4) is 0 Å². The molecule has 1 aromatic heterocycles. The number of aromatic amines is 1. The maximum absolute atomic E-state index is 3.17. The minimum atomic E-state index is 1.11. The van der Waals surface area contributed by atoms with Crippen LogP contribution in [0.3, 0.4) is 0 Å². The topological polar surface area (TPSA) is 19.0 Å². The maximum Gasteiger partial charge on any atom is 0.0159 e. The van der Waals surface area contributed by atoms with E-state index in [9.17, 15) is 0 Å². The largest absolute Gasteiger partial charge is 0.365 e. The lowest BCUT2D eigenvalue weighted by atomic mass is 10.3. The van der Waals surface area contributed by atoms with Crippen molar-refractivity contribution in [2.24, 2.45) is 0 Å². The highest BCUT2D eigenvalue weighted by molar-refractivity contribution is 5.03. The number of hydrogen-bond donors (Lipinski definition) is 1. The van der Waals surface area contributed by atoms with Crippen molar-refractivity contribution in [1.82, 2.24) is 9.88 Å². The van der Waals surface area contributed by atoms with E-state index in [0.29, 0.717) is 0 Å². The molecular formula is C8H14N2. The summed E-state index contributed by atoms with van der Waals surface area (Å²) in [5.74, 6) is 0. The van der Waals surface area contributed by atoms with Gasteiger partial charge in [0.2, 0.25) is 0 Å². The number of aromatic nitrogens is 1. The summed E-state index contributed by atoms with van der Waals surface area (Å²) in [5.41, 5.74) is 1.31. The molecule has 0 aliphatic rings. The summed E-state index contributed by atoms with van der Waals surface area (Å²) < 4.78 is 0. The van der Waals surface area contributed by atoms with Crippen molar-refractivity contribution in [2.75, 3.05) is 20.6 Å². The molecule has 0 aliphatic heterocycles. The second-order valence-electron chi connectivity index (χ2n) is 2.75. The van der Waals surface area contributed by atoms with Gasteiger partial charge in [0.05, 0.1) is 0 Å². The predicted octanol–water partition coefficient (Wildman–Crippen LogP) is 1.12. The molecule has 10 heavy (non-hydrogen) atoms. The molecule has 0 aliphatic carbocycles. The van der Waals surface area contributed by atoms with Crippen LogP contribution in [-0.2, 0) is 6.42 Å². The Hall–Kier alpha value is -0.760. The van der Waals surface area contributed by atoms with Gasteiger partial charge in [0.25, 0.3) is 0 Å². The standard InChI is InChI=1S/C8H14N2/c1-10(2)7-5-8-4-3-6-9-8/h3-4,6,9H,5,7H2,1-2H3. The van der Waals surface area contributed by atoms with Crippen molar-refractivity contribution >= 4 is 0 Å². The normalized spacial score (nSPS) is 10.7. The first kappa shape index (κ1) is 7.35. The molecule has 0 spiro atoms. The third-order valence-electron chi connectivity index (χ3n) is 1.49. The Balaban J connectivity index is 2.28. The molecule has 0 unspecified atom stereocenters. The lowest BCUT2D eigenvalue weighted by molar-refractivity contribution is 0.412. The van der Waals surface area contributed by atoms with Crippen molar-refractivity contribution in [3.05, 3.63) is 24.0 Å². The minimum Gasteiger partial charge on any atom is -0.365 e. The monoisotopic (exact) mass is 138 g/mol. The molecule has 2 heteroatoms. The van der Waals surface area contributed by atoms with E-state index in [1.807, 2.05) is 12.3 Å². The number of hydrogen-bond acceptors (Lipinski definition) is 1. The van der Waals surface area contributed by atoms with E-state index in [4.69, 9.17) is 0 Å². The van der Waals surface area contributed by atoms with E-state index in [-0.39, 0.29) is 0 Å². The van der Waals surface area contributed by atoms with Crippen LogP contribution >= 0.6 is 0 Å². The van der Waals surface area contributed by atoms with Gasteiger partial charge in [-0.1, -0.05) is 0 Å². The first-order valence-electron chi connectivity index (χ1n) is 3.56. The number of nitrogens with one attached hydrogen (secondary N) is 1. The van der Waals surface area contributed by atoms with Crippen LogP contribution in [0.5, 0.6) is 0 Å². The molecule has 1 N–H and O–H groups in total. The van der Waals surface area contributed by atoms with Gasteiger partial charge >= 0.3 is 0 Å². The third-order valence-corrected chi connectivity index (χ3v) is 1.49. The van der Waals surface area contributed by atoms with Gasteiger partial charge in [-0.15, -0.1) is 0 Å². The van der Waals surface area contributed by atoms with Crippen LogP contribution in [0.4, 0.5) is 0 Å². The third kappa shape index (κ3) is 2.23.